The summed E-state index contributed by atoms with van der Waals surface area (Å²) in [5, 5.41) is 2.31. The van der Waals surface area contributed by atoms with Crippen molar-refractivity contribution in [1.29, 1.82) is 0 Å². The van der Waals surface area contributed by atoms with Crippen LogP contribution in [-0.2, 0) is 19.0 Å². The SMILES string of the molecule is CCC1(C)CC(OCC(C)C)(OCC(C)C)C(C)C(C)(CC)N1OC(C)c1ccc(OCC2CO2)cc1. The third kappa shape index (κ3) is 7.07. The Labute approximate surface area is 226 Å². The molecule has 2 aliphatic heterocycles. The van der Waals surface area contributed by atoms with Gasteiger partial charge in [-0.05, 0) is 63.1 Å². The molecule has 0 aromatic heterocycles. The van der Waals surface area contributed by atoms with Crippen molar-refractivity contribution >= 4 is 0 Å². The van der Waals surface area contributed by atoms with Crippen LogP contribution in [0.1, 0.15) is 100 Å². The molecule has 1 aromatic rings. The summed E-state index contributed by atoms with van der Waals surface area (Å²) < 4.78 is 24.6. The van der Waals surface area contributed by atoms with Crippen molar-refractivity contribution in [2.24, 2.45) is 17.8 Å². The summed E-state index contributed by atoms with van der Waals surface area (Å²) in [5.41, 5.74) is 0.592. The standard InChI is InChI=1S/C31H53NO5/c1-11-29(9)21-31(35-17-22(3)4,36-18-23(5)6)25(8)30(10,12-2)32(29)37-24(7)26-13-15-27(16-14-26)33-19-28-20-34-28/h13-16,22-25,28H,11-12,17-21H2,1-10H3. The molecule has 212 valence electrons. The van der Waals surface area contributed by atoms with Crippen LogP contribution in [0, 0.1) is 17.8 Å². The van der Waals surface area contributed by atoms with Crippen molar-refractivity contribution in [3.05, 3.63) is 29.8 Å². The molecule has 0 aliphatic carbocycles. The van der Waals surface area contributed by atoms with Gasteiger partial charge in [0.25, 0.3) is 0 Å². The van der Waals surface area contributed by atoms with E-state index in [4.69, 9.17) is 23.8 Å². The number of hydrogen-bond acceptors (Lipinski definition) is 6. The molecule has 2 heterocycles. The third-order valence-electron chi connectivity index (χ3n) is 8.42. The molecule has 1 aromatic carbocycles. The lowest BCUT2D eigenvalue weighted by Gasteiger charge is -2.63. The summed E-state index contributed by atoms with van der Waals surface area (Å²) in [6.45, 7) is 25.1. The van der Waals surface area contributed by atoms with Crippen molar-refractivity contribution in [1.82, 2.24) is 5.06 Å². The van der Waals surface area contributed by atoms with Gasteiger partial charge in [0.05, 0.1) is 25.4 Å². The van der Waals surface area contributed by atoms with E-state index in [-0.39, 0.29) is 29.2 Å². The van der Waals surface area contributed by atoms with Gasteiger partial charge in [0, 0.05) is 17.9 Å². The monoisotopic (exact) mass is 519 g/mol. The van der Waals surface area contributed by atoms with Gasteiger partial charge < -0.3 is 18.9 Å². The second-order valence-corrected chi connectivity index (χ2v) is 12.6. The van der Waals surface area contributed by atoms with Gasteiger partial charge in [0.2, 0.25) is 0 Å². The fraction of sp³-hybridized carbons (Fsp3) is 0.806. The molecule has 5 atom stereocenters. The summed E-state index contributed by atoms with van der Waals surface area (Å²) in [6, 6.07) is 8.27. The molecule has 0 radical (unpaired) electrons. The molecule has 3 rings (SSSR count). The number of rotatable bonds is 14. The maximum absolute atomic E-state index is 6.91. The molecule has 0 spiro atoms. The van der Waals surface area contributed by atoms with Gasteiger partial charge >= 0.3 is 0 Å². The number of ether oxygens (including phenoxy) is 4. The largest absolute Gasteiger partial charge is 0.491 e. The van der Waals surface area contributed by atoms with Crippen LogP contribution in [0.25, 0.3) is 0 Å². The molecule has 0 N–H and O–H groups in total. The molecule has 2 saturated heterocycles. The summed E-state index contributed by atoms with van der Waals surface area (Å²) in [6.07, 6.45) is 2.75. The van der Waals surface area contributed by atoms with E-state index < -0.39 is 5.79 Å². The highest BCUT2D eigenvalue weighted by molar-refractivity contribution is 5.28. The van der Waals surface area contributed by atoms with Gasteiger partial charge in [-0.15, -0.1) is 0 Å². The van der Waals surface area contributed by atoms with Crippen LogP contribution in [0.5, 0.6) is 5.75 Å². The van der Waals surface area contributed by atoms with Crippen molar-refractivity contribution < 1.29 is 23.8 Å². The molecular weight excluding hydrogens is 466 g/mol. The van der Waals surface area contributed by atoms with E-state index in [2.05, 4.69) is 86.4 Å². The molecule has 5 unspecified atom stereocenters. The van der Waals surface area contributed by atoms with Gasteiger partial charge in [0.1, 0.15) is 24.6 Å². The van der Waals surface area contributed by atoms with Crippen LogP contribution in [0.2, 0.25) is 0 Å². The zero-order chi connectivity index (χ0) is 27.4. The minimum atomic E-state index is -0.655. The molecule has 0 bridgehead atoms. The highest BCUT2D eigenvalue weighted by atomic mass is 16.7. The van der Waals surface area contributed by atoms with Gasteiger partial charge in [-0.2, -0.15) is 5.06 Å². The zero-order valence-corrected chi connectivity index (χ0v) is 25.1. The van der Waals surface area contributed by atoms with Crippen LogP contribution >= 0.6 is 0 Å². The molecule has 6 nitrogen and oxygen atoms in total. The fourth-order valence-corrected chi connectivity index (χ4v) is 5.40. The van der Waals surface area contributed by atoms with E-state index >= 15 is 0 Å². The smallest absolute Gasteiger partial charge is 0.174 e. The van der Waals surface area contributed by atoms with Crippen molar-refractivity contribution in [2.45, 2.75) is 118 Å². The van der Waals surface area contributed by atoms with E-state index in [9.17, 15) is 0 Å². The van der Waals surface area contributed by atoms with E-state index in [1.54, 1.807) is 0 Å². The molecule has 0 saturated carbocycles. The van der Waals surface area contributed by atoms with Crippen LogP contribution in [0.3, 0.4) is 0 Å². The van der Waals surface area contributed by atoms with E-state index in [1.165, 1.54) is 0 Å². The van der Waals surface area contributed by atoms with Crippen LogP contribution in [0.4, 0.5) is 0 Å². The Morgan fingerprint density at radius 2 is 1.51 bits per heavy atom. The highest BCUT2D eigenvalue weighted by Gasteiger charge is 2.62. The average molecular weight is 520 g/mol. The van der Waals surface area contributed by atoms with Gasteiger partial charge in [-0.1, -0.05) is 60.6 Å². The normalized spacial score (nSPS) is 30.6. The van der Waals surface area contributed by atoms with E-state index in [0.717, 1.165) is 37.2 Å². The molecule has 0 amide bonds. The Bertz CT molecular complexity index is 827. The minimum absolute atomic E-state index is 0.106. The first kappa shape index (κ1) is 30.4. The predicted octanol–water partition coefficient (Wildman–Crippen LogP) is 7.18. The van der Waals surface area contributed by atoms with Crippen molar-refractivity contribution in [3.8, 4) is 5.75 Å². The number of epoxide rings is 1. The maximum atomic E-state index is 6.91. The van der Waals surface area contributed by atoms with Crippen LogP contribution in [0.15, 0.2) is 24.3 Å². The van der Waals surface area contributed by atoms with Crippen LogP contribution < -0.4 is 4.74 Å². The third-order valence-corrected chi connectivity index (χ3v) is 8.42. The summed E-state index contributed by atoms with van der Waals surface area (Å²) in [4.78, 5) is 6.91. The average Bonchev–Trinajstić information content (AvgIpc) is 3.71. The number of hydroxylamine groups is 2. The lowest BCUT2D eigenvalue weighted by atomic mass is 9.67. The quantitative estimate of drug-likeness (QED) is 0.192. The zero-order valence-electron chi connectivity index (χ0n) is 25.1. The lowest BCUT2D eigenvalue weighted by Crippen LogP contribution is -2.72. The number of benzene rings is 1. The Balaban J connectivity index is 1.86. The Morgan fingerprint density at radius 1 is 0.946 bits per heavy atom. The highest BCUT2D eigenvalue weighted by Crippen LogP contribution is 2.53. The second kappa shape index (κ2) is 12.3. The number of nitrogens with zero attached hydrogens (tertiary/aromatic N) is 1. The van der Waals surface area contributed by atoms with E-state index in [1.807, 2.05) is 12.1 Å². The summed E-state index contributed by atoms with van der Waals surface area (Å²) >= 11 is 0. The molecule has 37 heavy (non-hydrogen) atoms. The van der Waals surface area contributed by atoms with Gasteiger partial charge in [0.15, 0.2) is 5.79 Å². The first-order valence-corrected chi connectivity index (χ1v) is 14.5. The first-order chi connectivity index (χ1) is 17.4. The number of hydrogen-bond donors (Lipinski definition) is 0. The summed E-state index contributed by atoms with van der Waals surface area (Å²) in [7, 11) is 0. The number of piperidine rings is 1. The first-order valence-electron chi connectivity index (χ1n) is 14.5. The lowest BCUT2D eigenvalue weighted by molar-refractivity contribution is -0.398. The van der Waals surface area contributed by atoms with Crippen LogP contribution in [-0.4, -0.2) is 54.5 Å². The minimum Gasteiger partial charge on any atom is -0.491 e. The van der Waals surface area contributed by atoms with Gasteiger partial charge in [-0.25, -0.2) is 0 Å². The predicted molar refractivity (Wildman–Crippen MR) is 148 cm³/mol. The summed E-state index contributed by atoms with van der Waals surface area (Å²) in [5.74, 6) is 1.19. The Hall–Kier alpha value is -1.18. The second-order valence-electron chi connectivity index (χ2n) is 12.6. The van der Waals surface area contributed by atoms with E-state index in [0.29, 0.717) is 31.7 Å². The topological polar surface area (TPSA) is 52.7 Å². The molecular formula is C31H53NO5. The van der Waals surface area contributed by atoms with Crippen molar-refractivity contribution in [2.75, 3.05) is 26.4 Å². The maximum Gasteiger partial charge on any atom is 0.174 e. The fourth-order valence-electron chi connectivity index (χ4n) is 5.40. The van der Waals surface area contributed by atoms with Gasteiger partial charge in [-0.3, -0.25) is 4.84 Å². The Morgan fingerprint density at radius 3 is 1.97 bits per heavy atom. The molecule has 2 aliphatic rings. The molecule has 6 heteroatoms. The van der Waals surface area contributed by atoms with Crippen molar-refractivity contribution in [3.63, 3.8) is 0 Å². The molecule has 2 fully saturated rings. The Kier molecular flexibility index (Phi) is 10.1.